The number of hydrogen-bond donors (Lipinski definition) is 0. The van der Waals surface area contributed by atoms with E-state index in [1.807, 2.05) is 30.3 Å². The van der Waals surface area contributed by atoms with Gasteiger partial charge in [-0.3, -0.25) is 14.4 Å². The molecule has 1 saturated heterocycles. The molecule has 156 valence electrons. The van der Waals surface area contributed by atoms with Gasteiger partial charge in [-0.15, -0.1) is 0 Å². The molecule has 0 unspecified atom stereocenters. The molecule has 0 amide bonds. The van der Waals surface area contributed by atoms with E-state index in [1.165, 1.54) is 32.5 Å². The molecule has 11 heteroatoms. The van der Waals surface area contributed by atoms with Crippen LogP contribution in [0.25, 0.3) is 10.4 Å². The van der Waals surface area contributed by atoms with Crippen molar-refractivity contribution in [1.82, 2.24) is 0 Å². The molecule has 1 heterocycles. The third-order valence-electron chi connectivity index (χ3n) is 3.85. The lowest BCUT2D eigenvalue weighted by Gasteiger charge is -2.43. The van der Waals surface area contributed by atoms with Gasteiger partial charge in [0.25, 0.3) is 0 Å². The lowest BCUT2D eigenvalue weighted by atomic mass is 9.97. The van der Waals surface area contributed by atoms with E-state index >= 15 is 0 Å². The summed E-state index contributed by atoms with van der Waals surface area (Å²) in [5.41, 5.74) is 8.25. The van der Waals surface area contributed by atoms with Crippen molar-refractivity contribution in [1.29, 1.82) is 0 Å². The molecule has 0 spiro atoms. The Morgan fingerprint density at radius 1 is 1.07 bits per heavy atom. The second kappa shape index (κ2) is 10.7. The number of rotatable bonds is 7. The third-order valence-corrected chi connectivity index (χ3v) is 5.01. The van der Waals surface area contributed by atoms with Crippen LogP contribution in [0.3, 0.4) is 0 Å². The van der Waals surface area contributed by atoms with Crippen molar-refractivity contribution in [2.24, 2.45) is 5.11 Å². The first-order valence-corrected chi connectivity index (χ1v) is 9.59. The molecule has 0 aromatic heterocycles. The summed E-state index contributed by atoms with van der Waals surface area (Å²) in [5.74, 6) is -1.82. The second-order valence-electron chi connectivity index (χ2n) is 6.12. The smallest absolute Gasteiger partial charge is 0.303 e. The van der Waals surface area contributed by atoms with E-state index in [-0.39, 0.29) is 6.61 Å². The van der Waals surface area contributed by atoms with E-state index < -0.39 is 47.7 Å². The maximum absolute atomic E-state index is 11.7. The van der Waals surface area contributed by atoms with Gasteiger partial charge in [0.05, 0.1) is 0 Å². The second-order valence-corrected chi connectivity index (χ2v) is 7.29. The van der Waals surface area contributed by atoms with Gasteiger partial charge in [0.1, 0.15) is 36.4 Å². The van der Waals surface area contributed by atoms with Crippen molar-refractivity contribution in [2.45, 2.75) is 55.5 Å². The van der Waals surface area contributed by atoms with Crippen molar-refractivity contribution in [3.05, 3.63) is 40.8 Å². The predicted molar refractivity (Wildman–Crippen MR) is 102 cm³/mol. The number of nitrogens with zero attached hydrogens (tertiary/aromatic N) is 3. The Bertz CT molecular complexity index is 785. The highest BCUT2D eigenvalue weighted by Crippen LogP contribution is 2.37. The number of thioether (sulfide) groups is 1. The fourth-order valence-electron chi connectivity index (χ4n) is 2.80. The average molecular weight is 423 g/mol. The van der Waals surface area contributed by atoms with Gasteiger partial charge >= 0.3 is 17.9 Å². The number of carbonyl (C=O) groups excluding carboxylic acids is 3. The van der Waals surface area contributed by atoms with Crippen molar-refractivity contribution < 1.29 is 33.3 Å². The van der Waals surface area contributed by atoms with E-state index in [2.05, 4.69) is 10.0 Å². The zero-order valence-electron chi connectivity index (χ0n) is 16.1. The van der Waals surface area contributed by atoms with Crippen molar-refractivity contribution in [3.63, 3.8) is 0 Å². The Kier molecular flexibility index (Phi) is 8.32. The van der Waals surface area contributed by atoms with Gasteiger partial charge in [-0.05, 0) is 17.7 Å². The Labute approximate surface area is 171 Å². The highest BCUT2D eigenvalue weighted by molar-refractivity contribution is 7.99. The minimum atomic E-state index is -1.11. The SMILES string of the molecule is CC(=O)OC[C@H]1O[C@@H](Sc2ccccc2)[C@@H](OC(C)=O)[C@@H](N=[N+]=[N-])[C@@H]1OC(C)=O. The fourth-order valence-corrected chi connectivity index (χ4v) is 3.93. The summed E-state index contributed by atoms with van der Waals surface area (Å²) < 4.78 is 21.7. The molecule has 1 aromatic carbocycles. The molecular weight excluding hydrogens is 402 g/mol. The maximum Gasteiger partial charge on any atom is 0.303 e. The third kappa shape index (κ3) is 6.67. The molecule has 0 bridgehead atoms. The van der Waals surface area contributed by atoms with Gasteiger partial charge in [-0.2, -0.15) is 0 Å². The number of azide groups is 1. The quantitative estimate of drug-likeness (QED) is 0.214. The van der Waals surface area contributed by atoms with E-state index in [1.54, 1.807) is 0 Å². The summed E-state index contributed by atoms with van der Waals surface area (Å²) >= 11 is 1.24. The number of carbonyl (C=O) groups is 3. The summed E-state index contributed by atoms with van der Waals surface area (Å²) in [7, 11) is 0. The Balaban J connectivity index is 2.41. The van der Waals surface area contributed by atoms with Gasteiger partial charge in [0.15, 0.2) is 0 Å². The first-order valence-electron chi connectivity index (χ1n) is 8.71. The van der Waals surface area contributed by atoms with Gasteiger partial charge in [0, 0.05) is 30.6 Å². The molecule has 0 radical (unpaired) electrons. The Morgan fingerprint density at radius 2 is 1.69 bits per heavy atom. The van der Waals surface area contributed by atoms with Crippen LogP contribution < -0.4 is 0 Å². The zero-order chi connectivity index (χ0) is 21.4. The monoisotopic (exact) mass is 423 g/mol. The average Bonchev–Trinajstić information content (AvgIpc) is 2.65. The van der Waals surface area contributed by atoms with E-state index in [4.69, 9.17) is 24.5 Å². The predicted octanol–water partition coefficient (Wildman–Crippen LogP) is 2.61. The lowest BCUT2D eigenvalue weighted by molar-refractivity contribution is -0.201. The molecule has 5 atom stereocenters. The molecule has 0 aliphatic carbocycles. The number of esters is 3. The van der Waals surface area contributed by atoms with E-state index in [9.17, 15) is 14.4 Å². The van der Waals surface area contributed by atoms with Crippen LogP contribution in [0.2, 0.25) is 0 Å². The summed E-state index contributed by atoms with van der Waals surface area (Å²) in [6, 6.07) is 8.09. The first-order chi connectivity index (χ1) is 13.8. The fraction of sp³-hybridized carbons (Fsp3) is 0.500. The van der Waals surface area contributed by atoms with Crippen LogP contribution in [0.4, 0.5) is 0 Å². The minimum absolute atomic E-state index is 0.233. The largest absolute Gasteiger partial charge is 0.463 e. The molecule has 0 saturated carbocycles. The van der Waals surface area contributed by atoms with Crippen LogP contribution in [-0.2, 0) is 33.3 Å². The van der Waals surface area contributed by atoms with Crippen LogP contribution in [-0.4, -0.2) is 54.3 Å². The van der Waals surface area contributed by atoms with E-state index in [0.717, 1.165) is 4.90 Å². The zero-order valence-corrected chi connectivity index (χ0v) is 16.9. The van der Waals surface area contributed by atoms with Crippen LogP contribution >= 0.6 is 11.8 Å². The van der Waals surface area contributed by atoms with Gasteiger partial charge in [0.2, 0.25) is 0 Å². The van der Waals surface area contributed by atoms with Crippen LogP contribution in [0.1, 0.15) is 20.8 Å². The topological polar surface area (TPSA) is 137 Å². The van der Waals surface area contributed by atoms with Crippen LogP contribution in [0.15, 0.2) is 40.3 Å². The summed E-state index contributed by atoms with van der Waals surface area (Å²) in [4.78, 5) is 38.2. The Morgan fingerprint density at radius 3 is 2.24 bits per heavy atom. The minimum Gasteiger partial charge on any atom is -0.463 e. The number of ether oxygens (including phenoxy) is 4. The summed E-state index contributed by atoms with van der Waals surface area (Å²) in [5, 5.41) is 3.71. The highest BCUT2D eigenvalue weighted by atomic mass is 32.2. The van der Waals surface area contributed by atoms with Crippen LogP contribution in [0, 0.1) is 0 Å². The normalized spacial score (nSPS) is 26.0. The molecule has 1 fully saturated rings. The molecule has 29 heavy (non-hydrogen) atoms. The van der Waals surface area contributed by atoms with Crippen molar-refractivity contribution >= 4 is 29.7 Å². The molecule has 0 N–H and O–H groups in total. The molecular formula is C18H21N3O7S. The molecule has 1 aromatic rings. The molecule has 1 aliphatic rings. The first kappa shape index (κ1) is 22.5. The summed E-state index contributed by atoms with van der Waals surface area (Å²) in [6.07, 6.45) is -3.07. The van der Waals surface area contributed by atoms with Gasteiger partial charge in [-0.1, -0.05) is 35.1 Å². The summed E-state index contributed by atoms with van der Waals surface area (Å²) in [6.45, 7) is 3.39. The van der Waals surface area contributed by atoms with E-state index in [0.29, 0.717) is 0 Å². The molecule has 1 aliphatic heterocycles. The molecule has 2 rings (SSSR count). The van der Waals surface area contributed by atoms with Gasteiger partial charge in [-0.25, -0.2) is 0 Å². The highest BCUT2D eigenvalue weighted by Gasteiger charge is 2.50. The van der Waals surface area contributed by atoms with Crippen molar-refractivity contribution in [3.8, 4) is 0 Å². The maximum atomic E-state index is 11.7. The lowest BCUT2D eigenvalue weighted by Crippen LogP contribution is -2.59. The molecule has 10 nitrogen and oxygen atoms in total. The number of benzene rings is 1. The van der Waals surface area contributed by atoms with Crippen molar-refractivity contribution in [2.75, 3.05) is 6.61 Å². The Hall–Kier alpha value is -2.75. The number of hydrogen-bond acceptors (Lipinski definition) is 9. The van der Waals surface area contributed by atoms with Gasteiger partial charge < -0.3 is 18.9 Å². The van der Waals surface area contributed by atoms with Crippen LogP contribution in [0.5, 0.6) is 0 Å². The standard InChI is InChI=1S/C18H21N3O7S/c1-10(22)25-9-14-16(26-11(2)23)15(20-21-19)17(27-12(3)24)18(28-14)29-13-7-5-4-6-8-13/h4-8,14-18H,9H2,1-3H3/t14-,15+,16-,17+,18+/m1/s1.